The van der Waals surface area contributed by atoms with Crippen LogP contribution in [0.2, 0.25) is 0 Å². The van der Waals surface area contributed by atoms with Crippen LogP contribution in [-0.2, 0) is 22.9 Å². The number of rotatable bonds is 4. The molecule has 24 heavy (non-hydrogen) atoms. The quantitative estimate of drug-likeness (QED) is 0.861. The Morgan fingerprint density at radius 1 is 1.12 bits per heavy atom. The molecule has 4 nitrogen and oxygen atoms in total. The van der Waals surface area contributed by atoms with Crippen molar-refractivity contribution in [2.75, 3.05) is 0 Å². The Kier molecular flexibility index (Phi) is 4.40. The molecule has 1 aromatic heterocycles. The second kappa shape index (κ2) is 6.22. The molecule has 0 fully saturated rings. The van der Waals surface area contributed by atoms with Crippen molar-refractivity contribution in [3.05, 3.63) is 53.4 Å². The second-order valence-corrected chi connectivity index (χ2v) is 8.54. The number of hydrogen-bond donors (Lipinski definition) is 1. The van der Waals surface area contributed by atoms with Crippen LogP contribution in [0.4, 0.5) is 8.78 Å². The summed E-state index contributed by atoms with van der Waals surface area (Å²) < 4.78 is 53.5. The van der Waals surface area contributed by atoms with E-state index in [1.165, 1.54) is 6.07 Å². The van der Waals surface area contributed by atoms with Crippen LogP contribution >= 0.6 is 0 Å². The average Bonchev–Trinajstić information content (AvgIpc) is 2.87. The van der Waals surface area contributed by atoms with E-state index in [1.54, 1.807) is 19.9 Å². The highest BCUT2D eigenvalue weighted by molar-refractivity contribution is 7.90. The third kappa shape index (κ3) is 3.32. The zero-order chi connectivity index (χ0) is 17.5. The maximum absolute atomic E-state index is 13.8. The molecule has 1 N–H and O–H groups in total. The van der Waals surface area contributed by atoms with Crippen LogP contribution in [0, 0.1) is 11.9 Å². The lowest BCUT2D eigenvalue weighted by Gasteiger charge is -2.14. The molecule has 1 unspecified atom stereocenters. The normalized spacial score (nSPS) is 17.3. The molecule has 0 amide bonds. The largest absolute Gasteiger partial charge is 0.223 e. The molecule has 0 saturated heterocycles. The van der Waals surface area contributed by atoms with Gasteiger partial charge in [-0.25, -0.2) is 13.1 Å². The van der Waals surface area contributed by atoms with Crippen LogP contribution in [0.25, 0.3) is 11.1 Å². The molecule has 0 saturated carbocycles. The number of pyridine rings is 1. The summed E-state index contributed by atoms with van der Waals surface area (Å²) in [5.41, 5.74) is 2.83. The van der Waals surface area contributed by atoms with Crippen LogP contribution < -0.4 is 4.72 Å². The number of hydrogen-bond acceptors (Lipinski definition) is 3. The summed E-state index contributed by atoms with van der Waals surface area (Å²) in [6.45, 7) is 3.26. The number of halogens is 2. The van der Waals surface area contributed by atoms with Crippen molar-refractivity contribution in [1.29, 1.82) is 0 Å². The highest BCUT2D eigenvalue weighted by atomic mass is 32.2. The maximum Gasteiger partial charge on any atom is 0.223 e. The van der Waals surface area contributed by atoms with Gasteiger partial charge in [-0.3, -0.25) is 0 Å². The number of fused-ring (bicyclic) bond motifs is 1. The van der Waals surface area contributed by atoms with Crippen LogP contribution in [0.15, 0.2) is 30.3 Å². The predicted octanol–water partition coefficient (Wildman–Crippen LogP) is 2.82. The SMILES string of the molecule is CC(C)S(=O)(=O)NC1Cc2ccc(-c3ccc(F)nc3F)cc2C1. The summed E-state index contributed by atoms with van der Waals surface area (Å²) >= 11 is 0. The van der Waals surface area contributed by atoms with Gasteiger partial charge >= 0.3 is 0 Å². The van der Waals surface area contributed by atoms with Crippen LogP contribution in [0.1, 0.15) is 25.0 Å². The standard InChI is InChI=1S/C17H18F2N2O2S/c1-10(2)24(22,23)21-14-8-11-3-4-12(7-13(11)9-14)15-5-6-16(18)20-17(15)19/h3-7,10,14,21H,8-9H2,1-2H3. The number of aromatic nitrogens is 1. The fourth-order valence-electron chi connectivity index (χ4n) is 2.86. The van der Waals surface area contributed by atoms with Crippen molar-refractivity contribution in [1.82, 2.24) is 9.71 Å². The highest BCUT2D eigenvalue weighted by Crippen LogP contribution is 2.29. The van der Waals surface area contributed by atoms with E-state index in [0.29, 0.717) is 18.4 Å². The summed E-state index contributed by atoms with van der Waals surface area (Å²) in [5.74, 6) is -1.72. The van der Waals surface area contributed by atoms with Crippen LogP contribution in [0.5, 0.6) is 0 Å². The number of nitrogens with zero attached hydrogens (tertiary/aromatic N) is 1. The van der Waals surface area contributed by atoms with Gasteiger partial charge in [-0.1, -0.05) is 18.2 Å². The van der Waals surface area contributed by atoms with Gasteiger partial charge in [-0.05, 0) is 55.5 Å². The van der Waals surface area contributed by atoms with Gasteiger partial charge in [0.25, 0.3) is 0 Å². The van der Waals surface area contributed by atoms with Crippen molar-refractivity contribution < 1.29 is 17.2 Å². The first-order chi connectivity index (χ1) is 11.3. The van der Waals surface area contributed by atoms with Gasteiger partial charge in [0, 0.05) is 11.6 Å². The predicted molar refractivity (Wildman–Crippen MR) is 88.0 cm³/mol. The number of benzene rings is 1. The van der Waals surface area contributed by atoms with Gasteiger partial charge in [0.15, 0.2) is 0 Å². The second-order valence-electron chi connectivity index (χ2n) is 6.27. The first-order valence-electron chi connectivity index (χ1n) is 7.71. The molecule has 0 aliphatic heterocycles. The molecule has 3 rings (SSSR count). The Hall–Kier alpha value is -1.86. The first kappa shape index (κ1) is 17.0. The molecule has 128 valence electrons. The summed E-state index contributed by atoms with van der Waals surface area (Å²) in [6.07, 6.45) is 1.15. The molecule has 7 heteroatoms. The fraction of sp³-hybridized carbons (Fsp3) is 0.353. The molecule has 0 radical (unpaired) electrons. The van der Waals surface area contributed by atoms with Crippen molar-refractivity contribution in [2.45, 2.75) is 38.0 Å². The minimum atomic E-state index is -3.33. The molecular weight excluding hydrogens is 334 g/mol. The van der Waals surface area contributed by atoms with Crippen LogP contribution in [0.3, 0.4) is 0 Å². The Morgan fingerprint density at radius 3 is 2.50 bits per heavy atom. The molecule has 0 bridgehead atoms. The fourth-order valence-corrected chi connectivity index (χ4v) is 3.77. The minimum absolute atomic E-state index is 0.196. The Labute approximate surface area is 140 Å². The van der Waals surface area contributed by atoms with Gasteiger partial charge in [0.05, 0.1) is 5.25 Å². The Bertz CT molecular complexity index is 882. The summed E-state index contributed by atoms with van der Waals surface area (Å²) in [6, 6.07) is 7.70. The minimum Gasteiger partial charge on any atom is -0.212 e. The monoisotopic (exact) mass is 352 g/mol. The van der Waals surface area contributed by atoms with Crippen molar-refractivity contribution in [3.63, 3.8) is 0 Å². The third-order valence-corrected chi connectivity index (χ3v) is 6.12. The molecule has 1 aliphatic carbocycles. The third-order valence-electron chi connectivity index (χ3n) is 4.22. The lowest BCUT2D eigenvalue weighted by Crippen LogP contribution is -2.39. The molecule has 1 heterocycles. The lowest BCUT2D eigenvalue weighted by molar-refractivity contribution is 0.515. The van der Waals surface area contributed by atoms with Crippen LogP contribution in [-0.4, -0.2) is 24.7 Å². The Balaban J connectivity index is 1.84. The van der Waals surface area contributed by atoms with Gasteiger partial charge in [-0.2, -0.15) is 13.8 Å². The van der Waals surface area contributed by atoms with E-state index in [4.69, 9.17) is 0 Å². The van der Waals surface area contributed by atoms with Crippen molar-refractivity contribution in [2.24, 2.45) is 0 Å². The van der Waals surface area contributed by atoms with E-state index in [9.17, 15) is 17.2 Å². The van der Waals surface area contributed by atoms with E-state index in [2.05, 4.69) is 9.71 Å². The topological polar surface area (TPSA) is 59.1 Å². The molecule has 1 aromatic carbocycles. The van der Waals surface area contributed by atoms with Gasteiger partial charge in [0.2, 0.25) is 21.9 Å². The maximum atomic E-state index is 13.8. The summed E-state index contributed by atoms with van der Waals surface area (Å²) in [5, 5.41) is -0.490. The summed E-state index contributed by atoms with van der Waals surface area (Å²) in [4.78, 5) is 3.20. The lowest BCUT2D eigenvalue weighted by atomic mass is 10.0. The van der Waals surface area contributed by atoms with E-state index >= 15 is 0 Å². The number of nitrogens with one attached hydrogen (secondary N) is 1. The number of sulfonamides is 1. The van der Waals surface area contributed by atoms with E-state index in [-0.39, 0.29) is 11.6 Å². The average molecular weight is 352 g/mol. The molecule has 1 atom stereocenters. The highest BCUT2D eigenvalue weighted by Gasteiger charge is 2.27. The smallest absolute Gasteiger partial charge is 0.212 e. The van der Waals surface area contributed by atoms with Gasteiger partial charge in [0.1, 0.15) is 0 Å². The molecular formula is C17H18F2N2O2S. The Morgan fingerprint density at radius 2 is 1.83 bits per heavy atom. The van der Waals surface area contributed by atoms with Crippen molar-refractivity contribution >= 4 is 10.0 Å². The van der Waals surface area contributed by atoms with Gasteiger partial charge in [-0.15, -0.1) is 0 Å². The van der Waals surface area contributed by atoms with Gasteiger partial charge < -0.3 is 0 Å². The van der Waals surface area contributed by atoms with E-state index < -0.39 is 27.2 Å². The van der Waals surface area contributed by atoms with E-state index in [0.717, 1.165) is 17.2 Å². The first-order valence-corrected chi connectivity index (χ1v) is 9.26. The zero-order valence-corrected chi connectivity index (χ0v) is 14.2. The summed E-state index contributed by atoms with van der Waals surface area (Å²) in [7, 11) is -3.33. The van der Waals surface area contributed by atoms with Crippen molar-refractivity contribution in [3.8, 4) is 11.1 Å². The van der Waals surface area contributed by atoms with E-state index in [1.807, 2.05) is 12.1 Å². The molecule has 2 aromatic rings. The zero-order valence-electron chi connectivity index (χ0n) is 13.4. The molecule has 1 aliphatic rings. The molecule has 0 spiro atoms.